The zero-order chi connectivity index (χ0) is 11.8. The number of nitrogens with zero attached hydrogens (tertiary/aromatic N) is 1. The van der Waals surface area contributed by atoms with Crippen LogP contribution in [0.15, 0.2) is 22.7 Å². The molecule has 0 spiro atoms. The molecule has 0 aliphatic heterocycles. The maximum absolute atomic E-state index is 9.51. The highest BCUT2D eigenvalue weighted by Gasteiger charge is 2.23. The van der Waals surface area contributed by atoms with Crippen molar-refractivity contribution in [1.29, 1.82) is 0 Å². The second-order valence-corrected chi connectivity index (χ2v) is 5.70. The number of hydrogen-bond acceptors (Lipinski definition) is 2. The molecular weight excluding hydrogens is 280 g/mol. The molecule has 1 aliphatic carbocycles. The molecule has 1 fully saturated rings. The van der Waals surface area contributed by atoms with Gasteiger partial charge in [0.1, 0.15) is 5.82 Å². The SMILES string of the molecule is OC1CCC(c2nc3ccc(Br)cc3[nH]2)CC1. The molecule has 0 atom stereocenters. The van der Waals surface area contributed by atoms with Crippen LogP contribution in [0.2, 0.25) is 0 Å². The Balaban J connectivity index is 1.90. The van der Waals surface area contributed by atoms with Gasteiger partial charge < -0.3 is 10.1 Å². The number of imidazole rings is 1. The number of aliphatic hydroxyl groups is 1. The quantitative estimate of drug-likeness (QED) is 0.847. The first-order valence-electron chi connectivity index (χ1n) is 6.05. The van der Waals surface area contributed by atoms with E-state index in [-0.39, 0.29) is 6.10 Å². The number of nitrogens with one attached hydrogen (secondary N) is 1. The molecule has 2 aromatic rings. The van der Waals surface area contributed by atoms with Crippen LogP contribution >= 0.6 is 15.9 Å². The van der Waals surface area contributed by atoms with E-state index in [0.717, 1.165) is 47.0 Å². The van der Waals surface area contributed by atoms with Crippen molar-refractivity contribution in [2.24, 2.45) is 0 Å². The van der Waals surface area contributed by atoms with E-state index in [1.54, 1.807) is 0 Å². The summed E-state index contributed by atoms with van der Waals surface area (Å²) in [5.74, 6) is 1.55. The minimum absolute atomic E-state index is 0.107. The predicted molar refractivity (Wildman–Crippen MR) is 71.0 cm³/mol. The van der Waals surface area contributed by atoms with Gasteiger partial charge in [-0.05, 0) is 43.9 Å². The Labute approximate surface area is 108 Å². The van der Waals surface area contributed by atoms with E-state index < -0.39 is 0 Å². The largest absolute Gasteiger partial charge is 0.393 e. The third-order valence-corrected chi connectivity index (χ3v) is 4.04. The van der Waals surface area contributed by atoms with Gasteiger partial charge in [-0.25, -0.2) is 4.98 Å². The van der Waals surface area contributed by atoms with E-state index in [9.17, 15) is 5.11 Å². The van der Waals surface area contributed by atoms with Crippen LogP contribution in [0, 0.1) is 0 Å². The molecule has 1 aromatic carbocycles. The molecule has 3 rings (SSSR count). The second kappa shape index (κ2) is 4.42. The Morgan fingerprint density at radius 1 is 1.24 bits per heavy atom. The van der Waals surface area contributed by atoms with Gasteiger partial charge in [0.15, 0.2) is 0 Å². The number of aromatic nitrogens is 2. The summed E-state index contributed by atoms with van der Waals surface area (Å²) in [7, 11) is 0. The van der Waals surface area contributed by atoms with Crippen LogP contribution in [0.5, 0.6) is 0 Å². The zero-order valence-electron chi connectivity index (χ0n) is 9.49. The lowest BCUT2D eigenvalue weighted by Crippen LogP contribution is -2.17. The molecule has 1 heterocycles. The first-order chi connectivity index (χ1) is 8.22. The van der Waals surface area contributed by atoms with Gasteiger partial charge in [0.05, 0.1) is 17.1 Å². The summed E-state index contributed by atoms with van der Waals surface area (Å²) >= 11 is 3.46. The fraction of sp³-hybridized carbons (Fsp3) is 0.462. The lowest BCUT2D eigenvalue weighted by Gasteiger charge is -2.23. The van der Waals surface area contributed by atoms with Crippen molar-refractivity contribution < 1.29 is 5.11 Å². The first-order valence-corrected chi connectivity index (χ1v) is 6.85. The van der Waals surface area contributed by atoms with Crippen LogP contribution in [-0.2, 0) is 0 Å². The Morgan fingerprint density at radius 2 is 2.00 bits per heavy atom. The molecule has 1 saturated carbocycles. The second-order valence-electron chi connectivity index (χ2n) is 4.79. The van der Waals surface area contributed by atoms with Gasteiger partial charge in [0.25, 0.3) is 0 Å². The molecule has 0 amide bonds. The third kappa shape index (κ3) is 2.24. The Morgan fingerprint density at radius 3 is 2.76 bits per heavy atom. The number of benzene rings is 1. The van der Waals surface area contributed by atoms with Gasteiger partial charge in [-0.3, -0.25) is 0 Å². The highest BCUT2D eigenvalue weighted by atomic mass is 79.9. The van der Waals surface area contributed by atoms with E-state index in [1.165, 1.54) is 0 Å². The predicted octanol–water partition coefficient (Wildman–Crippen LogP) is 3.34. The van der Waals surface area contributed by atoms with Crippen molar-refractivity contribution in [3.8, 4) is 0 Å². The van der Waals surface area contributed by atoms with E-state index in [2.05, 4.69) is 32.0 Å². The summed E-state index contributed by atoms with van der Waals surface area (Å²) in [4.78, 5) is 8.04. The molecule has 0 saturated heterocycles. The maximum atomic E-state index is 9.51. The summed E-state index contributed by atoms with van der Waals surface area (Å²) in [6.07, 6.45) is 3.74. The van der Waals surface area contributed by atoms with Crippen LogP contribution in [0.3, 0.4) is 0 Å². The topological polar surface area (TPSA) is 48.9 Å². The van der Waals surface area contributed by atoms with E-state index in [4.69, 9.17) is 0 Å². The molecular formula is C13H15BrN2O. The van der Waals surface area contributed by atoms with Crippen molar-refractivity contribution >= 4 is 27.0 Å². The zero-order valence-corrected chi connectivity index (χ0v) is 11.1. The minimum atomic E-state index is -0.107. The van der Waals surface area contributed by atoms with E-state index in [1.807, 2.05) is 12.1 Å². The summed E-state index contributed by atoms with van der Waals surface area (Å²) < 4.78 is 1.07. The summed E-state index contributed by atoms with van der Waals surface area (Å²) in [5.41, 5.74) is 2.11. The lowest BCUT2D eigenvalue weighted by molar-refractivity contribution is 0.121. The van der Waals surface area contributed by atoms with Crippen LogP contribution in [-0.4, -0.2) is 21.2 Å². The molecule has 0 unspecified atom stereocenters. The molecule has 0 radical (unpaired) electrons. The average Bonchev–Trinajstić information content (AvgIpc) is 2.72. The number of aromatic amines is 1. The summed E-state index contributed by atoms with van der Waals surface area (Å²) in [5, 5.41) is 9.51. The maximum Gasteiger partial charge on any atom is 0.110 e. The number of H-pyrrole nitrogens is 1. The fourth-order valence-electron chi connectivity index (χ4n) is 2.54. The van der Waals surface area contributed by atoms with Crippen LogP contribution in [0.25, 0.3) is 11.0 Å². The fourth-order valence-corrected chi connectivity index (χ4v) is 2.91. The van der Waals surface area contributed by atoms with Crippen LogP contribution in [0.1, 0.15) is 37.4 Å². The van der Waals surface area contributed by atoms with Gasteiger partial charge in [-0.15, -0.1) is 0 Å². The van der Waals surface area contributed by atoms with Crippen molar-refractivity contribution in [1.82, 2.24) is 9.97 Å². The molecule has 1 aromatic heterocycles. The number of halogens is 1. The molecule has 2 N–H and O–H groups in total. The molecule has 4 heteroatoms. The smallest absolute Gasteiger partial charge is 0.110 e. The Hall–Kier alpha value is -0.870. The minimum Gasteiger partial charge on any atom is -0.393 e. The van der Waals surface area contributed by atoms with Gasteiger partial charge in [0, 0.05) is 10.4 Å². The number of rotatable bonds is 1. The van der Waals surface area contributed by atoms with Gasteiger partial charge >= 0.3 is 0 Å². The first kappa shape index (κ1) is 11.2. The standard InChI is InChI=1S/C13H15BrN2O/c14-9-3-6-11-12(7-9)16-13(15-11)8-1-4-10(17)5-2-8/h3,6-8,10,17H,1-2,4-5H2,(H,15,16). The van der Waals surface area contributed by atoms with Gasteiger partial charge in [0.2, 0.25) is 0 Å². The average molecular weight is 295 g/mol. The van der Waals surface area contributed by atoms with E-state index >= 15 is 0 Å². The number of aliphatic hydroxyl groups excluding tert-OH is 1. The van der Waals surface area contributed by atoms with Crippen molar-refractivity contribution in [2.45, 2.75) is 37.7 Å². The molecule has 17 heavy (non-hydrogen) atoms. The van der Waals surface area contributed by atoms with Gasteiger partial charge in [-0.1, -0.05) is 15.9 Å². The number of fused-ring (bicyclic) bond motifs is 1. The summed E-state index contributed by atoms with van der Waals surface area (Å²) in [6.45, 7) is 0. The van der Waals surface area contributed by atoms with Crippen LogP contribution in [0.4, 0.5) is 0 Å². The van der Waals surface area contributed by atoms with Crippen molar-refractivity contribution in [3.63, 3.8) is 0 Å². The van der Waals surface area contributed by atoms with Gasteiger partial charge in [-0.2, -0.15) is 0 Å². The Kier molecular flexibility index (Phi) is 2.92. The highest BCUT2D eigenvalue weighted by molar-refractivity contribution is 9.10. The third-order valence-electron chi connectivity index (χ3n) is 3.55. The molecule has 1 aliphatic rings. The highest BCUT2D eigenvalue weighted by Crippen LogP contribution is 2.32. The lowest BCUT2D eigenvalue weighted by atomic mass is 9.87. The molecule has 0 bridgehead atoms. The summed E-state index contributed by atoms with van der Waals surface area (Å²) in [6, 6.07) is 6.10. The monoisotopic (exact) mass is 294 g/mol. The number of hydrogen-bond donors (Lipinski definition) is 2. The normalized spacial score (nSPS) is 25.3. The van der Waals surface area contributed by atoms with E-state index in [0.29, 0.717) is 5.92 Å². The van der Waals surface area contributed by atoms with Crippen molar-refractivity contribution in [2.75, 3.05) is 0 Å². The van der Waals surface area contributed by atoms with Crippen LogP contribution < -0.4 is 0 Å². The van der Waals surface area contributed by atoms with Crippen molar-refractivity contribution in [3.05, 3.63) is 28.5 Å². The molecule has 3 nitrogen and oxygen atoms in total. The molecule has 90 valence electrons. The Bertz CT molecular complexity index is 529.